The second kappa shape index (κ2) is 5.85. The monoisotopic (exact) mass is 273 g/mol. The van der Waals surface area contributed by atoms with Crippen molar-refractivity contribution in [2.75, 3.05) is 13.1 Å². The van der Waals surface area contributed by atoms with Gasteiger partial charge in [0.2, 0.25) is 0 Å². The van der Waals surface area contributed by atoms with Crippen LogP contribution in [0.5, 0.6) is 0 Å². The van der Waals surface area contributed by atoms with Gasteiger partial charge in [0, 0.05) is 16.7 Å². The predicted molar refractivity (Wildman–Crippen MR) is 79.5 cm³/mol. The molecule has 0 saturated heterocycles. The third kappa shape index (κ3) is 3.04. The lowest BCUT2D eigenvalue weighted by atomic mass is 10.1. The Bertz CT molecular complexity index is 496. The number of benzene rings is 1. The van der Waals surface area contributed by atoms with Crippen LogP contribution in [0.4, 0.5) is 0 Å². The van der Waals surface area contributed by atoms with E-state index < -0.39 is 0 Å². The zero-order valence-corrected chi connectivity index (χ0v) is 12.0. The summed E-state index contributed by atoms with van der Waals surface area (Å²) in [6, 6.07) is 12.8. The molecule has 0 saturated carbocycles. The smallest absolute Gasteiger partial charge is 0.117 e. The van der Waals surface area contributed by atoms with Crippen molar-refractivity contribution in [2.24, 2.45) is 0 Å². The van der Waals surface area contributed by atoms with Crippen molar-refractivity contribution < 1.29 is 4.42 Å². The molecule has 0 radical (unpaired) electrons. The molecule has 0 fully saturated rings. The van der Waals surface area contributed by atoms with Crippen LogP contribution in [0.2, 0.25) is 0 Å². The van der Waals surface area contributed by atoms with Gasteiger partial charge in [-0.25, -0.2) is 0 Å². The maximum absolute atomic E-state index is 5.44. The van der Waals surface area contributed by atoms with Gasteiger partial charge in [-0.15, -0.1) is 11.8 Å². The molecule has 1 unspecified atom stereocenters. The van der Waals surface area contributed by atoms with E-state index in [-0.39, 0.29) is 0 Å². The molecule has 3 rings (SSSR count). The van der Waals surface area contributed by atoms with Gasteiger partial charge in [-0.05, 0) is 36.7 Å². The molecule has 1 aliphatic heterocycles. The molecule has 1 aromatic heterocycles. The first-order valence-electron chi connectivity index (χ1n) is 6.84. The number of thioether (sulfide) groups is 1. The Morgan fingerprint density at radius 2 is 2.16 bits per heavy atom. The quantitative estimate of drug-likeness (QED) is 0.824. The largest absolute Gasteiger partial charge is 0.468 e. The third-order valence-electron chi connectivity index (χ3n) is 3.58. The molecule has 1 aromatic carbocycles. The third-order valence-corrected chi connectivity index (χ3v) is 4.88. The molecule has 0 aliphatic carbocycles. The van der Waals surface area contributed by atoms with E-state index in [2.05, 4.69) is 42.2 Å². The first kappa shape index (κ1) is 12.8. The number of hydrogen-bond acceptors (Lipinski definition) is 3. The summed E-state index contributed by atoms with van der Waals surface area (Å²) in [6.45, 7) is 5.32. The molecule has 3 heteroatoms. The van der Waals surface area contributed by atoms with Crippen LogP contribution in [0.3, 0.4) is 0 Å². The molecule has 2 aromatic rings. The van der Waals surface area contributed by atoms with Crippen LogP contribution in [0.15, 0.2) is 52.0 Å². The molecule has 100 valence electrons. The summed E-state index contributed by atoms with van der Waals surface area (Å²) in [7, 11) is 0. The Labute approximate surface area is 118 Å². The second-order valence-corrected chi connectivity index (χ2v) is 6.30. The second-order valence-electron chi connectivity index (χ2n) is 4.96. The van der Waals surface area contributed by atoms with E-state index in [9.17, 15) is 0 Å². The van der Waals surface area contributed by atoms with Gasteiger partial charge in [-0.2, -0.15) is 0 Å². The lowest BCUT2D eigenvalue weighted by Crippen LogP contribution is -2.30. The minimum absolute atomic E-state index is 0.673. The molecule has 19 heavy (non-hydrogen) atoms. The number of furan rings is 1. The highest BCUT2D eigenvalue weighted by molar-refractivity contribution is 8.00. The van der Waals surface area contributed by atoms with Crippen molar-refractivity contribution in [2.45, 2.75) is 30.0 Å². The average Bonchev–Trinajstić information content (AvgIpc) is 3.06. The molecule has 0 amide bonds. The van der Waals surface area contributed by atoms with E-state index in [1.165, 1.54) is 16.9 Å². The SMILES string of the molecule is CCN(Cc1ccco1)CC1Cc2ccccc2S1. The highest BCUT2D eigenvalue weighted by Gasteiger charge is 2.23. The summed E-state index contributed by atoms with van der Waals surface area (Å²) in [5.41, 5.74) is 1.51. The minimum atomic E-state index is 0.673. The van der Waals surface area contributed by atoms with Crippen molar-refractivity contribution in [3.8, 4) is 0 Å². The van der Waals surface area contributed by atoms with Crippen LogP contribution >= 0.6 is 11.8 Å². The normalized spacial score (nSPS) is 17.9. The Morgan fingerprint density at radius 1 is 1.26 bits per heavy atom. The van der Waals surface area contributed by atoms with Crippen molar-refractivity contribution in [3.63, 3.8) is 0 Å². The van der Waals surface area contributed by atoms with Gasteiger partial charge in [-0.1, -0.05) is 25.1 Å². The summed E-state index contributed by atoms with van der Waals surface area (Å²) >= 11 is 2.02. The van der Waals surface area contributed by atoms with Gasteiger partial charge in [0.15, 0.2) is 0 Å². The van der Waals surface area contributed by atoms with E-state index in [0.29, 0.717) is 5.25 Å². The molecular formula is C16H19NOS. The predicted octanol–water partition coefficient (Wildman–Crippen LogP) is 3.82. The topological polar surface area (TPSA) is 16.4 Å². The van der Waals surface area contributed by atoms with E-state index in [1.54, 1.807) is 6.26 Å². The summed E-state index contributed by atoms with van der Waals surface area (Å²) < 4.78 is 5.44. The van der Waals surface area contributed by atoms with Crippen molar-refractivity contribution in [1.29, 1.82) is 0 Å². The molecule has 0 N–H and O–H groups in total. The summed E-state index contributed by atoms with van der Waals surface area (Å²) in [5, 5.41) is 0.673. The first-order valence-corrected chi connectivity index (χ1v) is 7.72. The lowest BCUT2D eigenvalue weighted by Gasteiger charge is -2.22. The molecule has 2 heterocycles. The summed E-state index contributed by atoms with van der Waals surface area (Å²) in [5.74, 6) is 1.06. The van der Waals surface area contributed by atoms with E-state index in [0.717, 1.165) is 25.4 Å². The van der Waals surface area contributed by atoms with E-state index in [1.807, 2.05) is 17.8 Å². The van der Waals surface area contributed by atoms with Gasteiger partial charge in [0.25, 0.3) is 0 Å². The fourth-order valence-electron chi connectivity index (χ4n) is 2.57. The van der Waals surface area contributed by atoms with Crippen LogP contribution in [-0.2, 0) is 13.0 Å². The minimum Gasteiger partial charge on any atom is -0.468 e. The molecular weight excluding hydrogens is 254 g/mol. The Morgan fingerprint density at radius 3 is 2.89 bits per heavy atom. The van der Waals surface area contributed by atoms with Crippen LogP contribution in [0.1, 0.15) is 18.2 Å². The molecule has 1 aliphatic rings. The number of hydrogen-bond donors (Lipinski definition) is 0. The summed E-state index contributed by atoms with van der Waals surface area (Å²) in [4.78, 5) is 3.92. The average molecular weight is 273 g/mol. The van der Waals surface area contributed by atoms with Gasteiger partial charge < -0.3 is 4.42 Å². The van der Waals surface area contributed by atoms with Crippen LogP contribution in [0.25, 0.3) is 0 Å². The first-order chi connectivity index (χ1) is 9.35. The van der Waals surface area contributed by atoms with Gasteiger partial charge in [0.05, 0.1) is 12.8 Å². The molecule has 1 atom stereocenters. The summed E-state index contributed by atoms with van der Waals surface area (Å²) in [6.07, 6.45) is 2.94. The Kier molecular flexibility index (Phi) is 3.95. The van der Waals surface area contributed by atoms with Crippen molar-refractivity contribution in [1.82, 2.24) is 4.90 Å². The number of fused-ring (bicyclic) bond motifs is 1. The lowest BCUT2D eigenvalue weighted by molar-refractivity contribution is 0.257. The maximum atomic E-state index is 5.44. The zero-order valence-electron chi connectivity index (χ0n) is 11.2. The van der Waals surface area contributed by atoms with Gasteiger partial charge in [0.1, 0.15) is 5.76 Å². The van der Waals surface area contributed by atoms with Crippen LogP contribution < -0.4 is 0 Å². The Hall–Kier alpha value is -1.19. The molecule has 0 spiro atoms. The Balaban J connectivity index is 1.59. The fraction of sp³-hybridized carbons (Fsp3) is 0.375. The van der Waals surface area contributed by atoms with Crippen LogP contribution in [0, 0.1) is 0 Å². The maximum Gasteiger partial charge on any atom is 0.117 e. The number of rotatable bonds is 5. The highest BCUT2D eigenvalue weighted by atomic mass is 32.2. The number of nitrogens with zero attached hydrogens (tertiary/aromatic N) is 1. The molecule has 2 nitrogen and oxygen atoms in total. The molecule has 0 bridgehead atoms. The van der Waals surface area contributed by atoms with E-state index >= 15 is 0 Å². The van der Waals surface area contributed by atoms with Crippen LogP contribution in [-0.4, -0.2) is 23.2 Å². The van der Waals surface area contributed by atoms with Crippen molar-refractivity contribution in [3.05, 3.63) is 54.0 Å². The van der Waals surface area contributed by atoms with Gasteiger partial charge in [-0.3, -0.25) is 4.90 Å². The highest BCUT2D eigenvalue weighted by Crippen LogP contribution is 2.37. The zero-order chi connectivity index (χ0) is 13.1. The van der Waals surface area contributed by atoms with Gasteiger partial charge >= 0.3 is 0 Å². The van der Waals surface area contributed by atoms with E-state index in [4.69, 9.17) is 4.42 Å². The standard InChI is InChI=1S/C16H19NOS/c1-2-17(11-14-7-5-9-18-14)12-15-10-13-6-3-4-8-16(13)19-15/h3-9,15H,2,10-12H2,1H3. The van der Waals surface area contributed by atoms with Crippen molar-refractivity contribution >= 4 is 11.8 Å². The fourth-order valence-corrected chi connectivity index (χ4v) is 3.94.